The zero-order valence-electron chi connectivity index (χ0n) is 10.3. The highest BCUT2D eigenvalue weighted by molar-refractivity contribution is 14.1. The fraction of sp³-hybridized carbons (Fsp3) is 0.308. The van der Waals surface area contributed by atoms with Gasteiger partial charge in [0.25, 0.3) is 0 Å². The van der Waals surface area contributed by atoms with E-state index in [0.29, 0.717) is 0 Å². The molecule has 0 saturated heterocycles. The van der Waals surface area contributed by atoms with Gasteiger partial charge in [-0.15, -0.1) is 0 Å². The molecular weight excluding hydrogens is 325 g/mol. The van der Waals surface area contributed by atoms with Crippen molar-refractivity contribution in [2.45, 2.75) is 20.4 Å². The van der Waals surface area contributed by atoms with Gasteiger partial charge in [0.15, 0.2) is 0 Å². The molecule has 0 radical (unpaired) electrons. The molecule has 1 N–H and O–H groups in total. The smallest absolute Gasteiger partial charge is 0.0646 e. The maximum Gasteiger partial charge on any atom is 0.0646 e. The monoisotopic (exact) mass is 341 g/mol. The second kappa shape index (κ2) is 5.08. The lowest BCUT2D eigenvalue weighted by molar-refractivity contribution is 0.730. The van der Waals surface area contributed by atoms with Crippen molar-refractivity contribution < 1.29 is 0 Å². The normalized spacial score (nSPS) is 10.6. The number of halogens is 1. The van der Waals surface area contributed by atoms with E-state index in [1.807, 2.05) is 11.7 Å². The van der Waals surface area contributed by atoms with Gasteiger partial charge < -0.3 is 5.32 Å². The molecule has 0 fully saturated rings. The predicted molar refractivity (Wildman–Crippen MR) is 79.2 cm³/mol. The third-order valence-corrected chi connectivity index (χ3v) is 3.62. The highest BCUT2D eigenvalue weighted by atomic mass is 127. The average Bonchev–Trinajstić information content (AvgIpc) is 2.51. The quantitative estimate of drug-likeness (QED) is 0.869. The Balaban J connectivity index is 2.12. The van der Waals surface area contributed by atoms with Crippen molar-refractivity contribution in [3.05, 3.63) is 44.8 Å². The lowest BCUT2D eigenvalue weighted by atomic mass is 10.2. The van der Waals surface area contributed by atoms with E-state index in [1.165, 1.54) is 14.8 Å². The Morgan fingerprint density at radius 1 is 1.35 bits per heavy atom. The average molecular weight is 341 g/mol. The third kappa shape index (κ3) is 2.80. The second-order valence-electron chi connectivity index (χ2n) is 4.14. The lowest BCUT2D eigenvalue weighted by Gasteiger charge is -2.07. The molecule has 0 aliphatic heterocycles. The molecule has 90 valence electrons. The fourth-order valence-corrected chi connectivity index (χ4v) is 2.41. The van der Waals surface area contributed by atoms with Crippen LogP contribution in [0.4, 0.5) is 5.69 Å². The van der Waals surface area contributed by atoms with Crippen molar-refractivity contribution in [3.8, 4) is 0 Å². The molecule has 1 heterocycles. The topological polar surface area (TPSA) is 29.9 Å². The first-order valence-electron chi connectivity index (χ1n) is 5.56. The van der Waals surface area contributed by atoms with Crippen LogP contribution < -0.4 is 5.32 Å². The molecule has 0 aliphatic carbocycles. The van der Waals surface area contributed by atoms with E-state index in [4.69, 9.17) is 0 Å². The van der Waals surface area contributed by atoms with Crippen LogP contribution in [0.15, 0.2) is 24.3 Å². The number of rotatable bonds is 3. The molecule has 17 heavy (non-hydrogen) atoms. The molecule has 0 unspecified atom stereocenters. The summed E-state index contributed by atoms with van der Waals surface area (Å²) in [6.07, 6.45) is 0. The van der Waals surface area contributed by atoms with Gasteiger partial charge in [0.1, 0.15) is 0 Å². The molecule has 0 bridgehead atoms. The molecule has 0 aliphatic rings. The van der Waals surface area contributed by atoms with Crippen LogP contribution in [0.1, 0.15) is 17.0 Å². The number of aromatic nitrogens is 2. The van der Waals surface area contributed by atoms with E-state index in [2.05, 4.69) is 71.1 Å². The van der Waals surface area contributed by atoms with E-state index in [0.717, 1.165) is 17.9 Å². The first-order chi connectivity index (χ1) is 8.08. The summed E-state index contributed by atoms with van der Waals surface area (Å²) in [6, 6.07) is 8.38. The fourth-order valence-electron chi connectivity index (χ4n) is 1.86. The summed E-state index contributed by atoms with van der Waals surface area (Å²) >= 11 is 2.32. The summed E-state index contributed by atoms with van der Waals surface area (Å²) < 4.78 is 3.17. The Morgan fingerprint density at radius 3 is 2.71 bits per heavy atom. The van der Waals surface area contributed by atoms with Crippen molar-refractivity contribution in [1.82, 2.24) is 9.78 Å². The van der Waals surface area contributed by atoms with Crippen molar-refractivity contribution >= 4 is 28.3 Å². The Bertz CT molecular complexity index is 531. The maximum atomic E-state index is 4.42. The highest BCUT2D eigenvalue weighted by Crippen LogP contribution is 2.16. The van der Waals surface area contributed by atoms with Gasteiger partial charge in [-0.05, 0) is 54.6 Å². The molecule has 0 atom stereocenters. The van der Waals surface area contributed by atoms with Crippen molar-refractivity contribution in [2.75, 3.05) is 5.32 Å². The molecule has 1 aromatic carbocycles. The number of aryl methyl sites for hydroxylation is 2. The van der Waals surface area contributed by atoms with E-state index in [-0.39, 0.29) is 0 Å². The maximum absolute atomic E-state index is 4.42. The number of anilines is 1. The molecule has 0 saturated carbocycles. The number of hydrogen-bond acceptors (Lipinski definition) is 2. The minimum Gasteiger partial charge on any atom is -0.381 e. The van der Waals surface area contributed by atoms with Gasteiger partial charge in [-0.2, -0.15) is 5.10 Å². The van der Waals surface area contributed by atoms with Gasteiger partial charge in [-0.1, -0.05) is 6.07 Å². The Hall–Kier alpha value is -1.04. The molecule has 2 rings (SSSR count). The van der Waals surface area contributed by atoms with Crippen molar-refractivity contribution in [2.24, 2.45) is 7.05 Å². The first kappa shape index (κ1) is 12.4. The van der Waals surface area contributed by atoms with Crippen molar-refractivity contribution in [3.63, 3.8) is 0 Å². The molecule has 3 nitrogen and oxygen atoms in total. The minimum atomic E-state index is 0.825. The van der Waals surface area contributed by atoms with Crippen LogP contribution in [0.3, 0.4) is 0 Å². The molecule has 1 aromatic heterocycles. The van der Waals surface area contributed by atoms with Crippen LogP contribution in [0.5, 0.6) is 0 Å². The predicted octanol–water partition coefficient (Wildman–Crippen LogP) is 3.25. The molecule has 0 amide bonds. The van der Waals surface area contributed by atoms with Gasteiger partial charge in [-0.25, -0.2) is 0 Å². The number of nitrogens with one attached hydrogen (secondary N) is 1. The van der Waals surface area contributed by atoms with Crippen LogP contribution in [0.2, 0.25) is 0 Å². The number of benzene rings is 1. The Kier molecular flexibility index (Phi) is 3.71. The lowest BCUT2D eigenvalue weighted by Crippen LogP contribution is -2.02. The Morgan fingerprint density at radius 2 is 2.12 bits per heavy atom. The summed E-state index contributed by atoms with van der Waals surface area (Å²) in [6.45, 7) is 4.98. The summed E-state index contributed by atoms with van der Waals surface area (Å²) in [5.74, 6) is 0. The highest BCUT2D eigenvalue weighted by Gasteiger charge is 2.08. The summed E-state index contributed by atoms with van der Waals surface area (Å²) in [7, 11) is 1.98. The van der Waals surface area contributed by atoms with Gasteiger partial charge in [-0.3, -0.25) is 4.68 Å². The molecule has 0 spiro atoms. The standard InChI is InChI=1S/C13H16IN3/c1-9-13(10(2)17(3)16-9)8-15-12-6-4-5-11(14)7-12/h4-7,15H,8H2,1-3H3. The first-order valence-corrected chi connectivity index (χ1v) is 6.64. The van der Waals surface area contributed by atoms with Crippen molar-refractivity contribution in [1.29, 1.82) is 0 Å². The molecule has 2 aromatic rings. The van der Waals surface area contributed by atoms with E-state index < -0.39 is 0 Å². The van der Waals surface area contributed by atoms with Crippen LogP contribution in [-0.4, -0.2) is 9.78 Å². The number of hydrogen-bond donors (Lipinski definition) is 1. The largest absolute Gasteiger partial charge is 0.381 e. The third-order valence-electron chi connectivity index (χ3n) is 2.95. The summed E-state index contributed by atoms with van der Waals surface area (Å²) in [4.78, 5) is 0. The second-order valence-corrected chi connectivity index (χ2v) is 5.38. The van der Waals surface area contributed by atoms with Crippen LogP contribution in [0, 0.1) is 17.4 Å². The Labute approximate surface area is 115 Å². The van der Waals surface area contributed by atoms with Crippen LogP contribution >= 0.6 is 22.6 Å². The SMILES string of the molecule is Cc1nn(C)c(C)c1CNc1cccc(I)c1. The number of nitrogens with zero attached hydrogens (tertiary/aromatic N) is 2. The van der Waals surface area contributed by atoms with Gasteiger partial charge >= 0.3 is 0 Å². The zero-order valence-corrected chi connectivity index (χ0v) is 12.4. The molecular formula is C13H16IN3. The van der Waals surface area contributed by atoms with Gasteiger partial charge in [0.05, 0.1) is 5.69 Å². The zero-order chi connectivity index (χ0) is 12.4. The van der Waals surface area contributed by atoms with Crippen LogP contribution in [0.25, 0.3) is 0 Å². The minimum absolute atomic E-state index is 0.825. The van der Waals surface area contributed by atoms with E-state index in [1.54, 1.807) is 0 Å². The van der Waals surface area contributed by atoms with E-state index in [9.17, 15) is 0 Å². The van der Waals surface area contributed by atoms with Gasteiger partial charge in [0.2, 0.25) is 0 Å². The van der Waals surface area contributed by atoms with E-state index >= 15 is 0 Å². The summed E-state index contributed by atoms with van der Waals surface area (Å²) in [5, 5.41) is 7.85. The van der Waals surface area contributed by atoms with Gasteiger partial charge in [0, 0.05) is 34.1 Å². The molecule has 4 heteroatoms. The summed E-state index contributed by atoms with van der Waals surface area (Å²) in [5.41, 5.74) is 4.76. The van der Waals surface area contributed by atoms with Crippen LogP contribution in [-0.2, 0) is 13.6 Å².